The van der Waals surface area contributed by atoms with Crippen LogP contribution in [0, 0.1) is 0 Å². The highest BCUT2D eigenvalue weighted by molar-refractivity contribution is 5.69. The van der Waals surface area contributed by atoms with E-state index in [1.165, 1.54) is 22.4 Å². The molecule has 0 amide bonds. The Balaban J connectivity index is 2.58. The lowest BCUT2D eigenvalue weighted by molar-refractivity contribution is 0.863. The van der Waals surface area contributed by atoms with Crippen molar-refractivity contribution < 1.29 is 0 Å². The molecule has 0 unspecified atom stereocenters. The topological polar surface area (TPSA) is 15.8 Å². The zero-order valence-electron chi connectivity index (χ0n) is 9.96. The van der Waals surface area contributed by atoms with Gasteiger partial charge < -0.3 is 4.98 Å². The molecule has 0 radical (unpaired) electrons. The number of aromatic amines is 1. The number of hydrogen-bond acceptors (Lipinski definition) is 0. The highest BCUT2D eigenvalue weighted by atomic mass is 14.7. The third-order valence-corrected chi connectivity index (χ3v) is 3.01. The lowest BCUT2D eigenvalue weighted by Crippen LogP contribution is -1.92. The number of pyridine rings is 1. The van der Waals surface area contributed by atoms with Crippen molar-refractivity contribution in [2.45, 2.75) is 39.5 Å². The summed E-state index contributed by atoms with van der Waals surface area (Å²) in [6, 6.07) is 6.79. The molecule has 0 atom stereocenters. The molecule has 1 N–H and O–H groups in total. The van der Waals surface area contributed by atoms with E-state index in [0.29, 0.717) is 11.8 Å². The van der Waals surface area contributed by atoms with Crippen molar-refractivity contribution in [2.24, 2.45) is 0 Å². The molecule has 15 heavy (non-hydrogen) atoms. The van der Waals surface area contributed by atoms with Gasteiger partial charge in [0.15, 0.2) is 0 Å². The van der Waals surface area contributed by atoms with Gasteiger partial charge in [-0.2, -0.15) is 0 Å². The highest BCUT2D eigenvalue weighted by Crippen LogP contribution is 2.34. The van der Waals surface area contributed by atoms with Gasteiger partial charge in [-0.05, 0) is 41.2 Å². The molecule has 2 aliphatic rings. The van der Waals surface area contributed by atoms with Gasteiger partial charge in [-0.1, -0.05) is 27.7 Å². The van der Waals surface area contributed by atoms with Gasteiger partial charge in [0.2, 0.25) is 0 Å². The van der Waals surface area contributed by atoms with Crippen LogP contribution in [0.15, 0.2) is 24.4 Å². The van der Waals surface area contributed by atoms with Crippen LogP contribution in [0.4, 0.5) is 0 Å². The fraction of sp³-hybridized carbons (Fsp3) is 0.429. The van der Waals surface area contributed by atoms with Gasteiger partial charge in [-0.25, -0.2) is 0 Å². The van der Waals surface area contributed by atoms with Crippen LogP contribution in [0.5, 0.6) is 0 Å². The zero-order valence-corrected chi connectivity index (χ0v) is 9.96. The number of H-pyrrole nitrogens is 1. The number of aromatic nitrogens is 1. The molecule has 2 rings (SSSR count). The van der Waals surface area contributed by atoms with Crippen molar-refractivity contribution in [1.82, 2.24) is 4.98 Å². The maximum absolute atomic E-state index is 3.32. The Hall–Kier alpha value is -1.24. The fourth-order valence-electron chi connectivity index (χ4n) is 2.04. The fourth-order valence-corrected chi connectivity index (χ4v) is 2.04. The predicted octanol–water partition coefficient (Wildman–Crippen LogP) is 4.37. The monoisotopic (exact) mass is 201 g/mol. The normalized spacial score (nSPS) is 11.9. The molecule has 0 aromatic rings. The van der Waals surface area contributed by atoms with Gasteiger partial charge in [0.25, 0.3) is 0 Å². The molecule has 0 saturated carbocycles. The van der Waals surface area contributed by atoms with E-state index in [2.05, 4.69) is 50.9 Å². The first-order valence-corrected chi connectivity index (χ1v) is 5.70. The van der Waals surface area contributed by atoms with Crippen molar-refractivity contribution in [3.8, 4) is 11.3 Å². The summed E-state index contributed by atoms with van der Waals surface area (Å²) >= 11 is 0. The summed E-state index contributed by atoms with van der Waals surface area (Å²) in [5, 5.41) is 0. The van der Waals surface area contributed by atoms with Crippen LogP contribution in [0.3, 0.4) is 0 Å². The molecule has 1 heterocycles. The van der Waals surface area contributed by atoms with E-state index >= 15 is 0 Å². The van der Waals surface area contributed by atoms with Crippen molar-refractivity contribution in [3.63, 3.8) is 0 Å². The Kier molecular flexibility index (Phi) is 2.56. The minimum absolute atomic E-state index is 0.588. The molecule has 0 aromatic carbocycles. The quantitative estimate of drug-likeness (QED) is 0.742. The van der Waals surface area contributed by atoms with E-state index < -0.39 is 0 Å². The van der Waals surface area contributed by atoms with Gasteiger partial charge in [0.1, 0.15) is 0 Å². The molecule has 0 fully saturated rings. The van der Waals surface area contributed by atoms with Gasteiger partial charge in [-0.15, -0.1) is 0 Å². The standard InChI is InChI=1S/C14H19N/c1-9(2)11-7-13-12(10(3)4)5-6-15-14(13)8-11/h5-10,15H,1-4H3. The Morgan fingerprint density at radius 3 is 2.33 bits per heavy atom. The minimum Gasteiger partial charge on any atom is -0.361 e. The summed E-state index contributed by atoms with van der Waals surface area (Å²) < 4.78 is 0. The van der Waals surface area contributed by atoms with Crippen molar-refractivity contribution in [3.05, 3.63) is 35.5 Å². The predicted molar refractivity (Wildman–Crippen MR) is 65.6 cm³/mol. The van der Waals surface area contributed by atoms with Crippen molar-refractivity contribution >= 4 is 0 Å². The van der Waals surface area contributed by atoms with Crippen LogP contribution in [0.25, 0.3) is 11.3 Å². The van der Waals surface area contributed by atoms with E-state index in [4.69, 9.17) is 0 Å². The third-order valence-electron chi connectivity index (χ3n) is 3.01. The molecule has 1 aliphatic heterocycles. The van der Waals surface area contributed by atoms with Crippen LogP contribution < -0.4 is 0 Å². The summed E-state index contributed by atoms with van der Waals surface area (Å²) in [6.07, 6.45) is 2.04. The molecule has 0 spiro atoms. The first-order valence-electron chi connectivity index (χ1n) is 5.70. The second-order valence-electron chi connectivity index (χ2n) is 4.86. The number of rotatable bonds is 2. The third kappa shape index (κ3) is 1.79. The van der Waals surface area contributed by atoms with Gasteiger partial charge in [0, 0.05) is 17.5 Å². The van der Waals surface area contributed by atoms with Crippen LogP contribution >= 0.6 is 0 Å². The Labute approximate surface area is 91.9 Å². The van der Waals surface area contributed by atoms with Crippen LogP contribution in [-0.4, -0.2) is 4.98 Å². The highest BCUT2D eigenvalue weighted by Gasteiger charge is 2.14. The Morgan fingerprint density at radius 2 is 1.73 bits per heavy atom. The molecule has 0 saturated heterocycles. The lowest BCUT2D eigenvalue weighted by atomic mass is 9.98. The molecular weight excluding hydrogens is 182 g/mol. The molecule has 0 bridgehead atoms. The van der Waals surface area contributed by atoms with Gasteiger partial charge in [0.05, 0.1) is 0 Å². The number of hydrogen-bond donors (Lipinski definition) is 1. The Bertz CT molecular complexity index is 423. The molecule has 0 aromatic heterocycles. The largest absolute Gasteiger partial charge is 0.361 e. The molecular formula is C14H19N. The summed E-state index contributed by atoms with van der Waals surface area (Å²) in [5.74, 6) is 1.19. The summed E-state index contributed by atoms with van der Waals surface area (Å²) in [7, 11) is 0. The summed E-state index contributed by atoms with van der Waals surface area (Å²) in [4.78, 5) is 3.32. The van der Waals surface area contributed by atoms with E-state index in [-0.39, 0.29) is 0 Å². The Morgan fingerprint density at radius 1 is 1.00 bits per heavy atom. The van der Waals surface area contributed by atoms with Crippen LogP contribution in [0.2, 0.25) is 0 Å². The van der Waals surface area contributed by atoms with Crippen LogP contribution in [0.1, 0.15) is 50.7 Å². The number of fused-ring (bicyclic) bond motifs is 1. The van der Waals surface area contributed by atoms with Crippen molar-refractivity contribution in [1.29, 1.82) is 0 Å². The molecule has 1 nitrogen and oxygen atoms in total. The van der Waals surface area contributed by atoms with E-state index in [0.717, 1.165) is 0 Å². The summed E-state index contributed by atoms with van der Waals surface area (Å²) in [6.45, 7) is 8.97. The average molecular weight is 201 g/mol. The maximum atomic E-state index is 3.32. The summed E-state index contributed by atoms with van der Waals surface area (Å²) in [5.41, 5.74) is 5.52. The molecule has 80 valence electrons. The SMILES string of the molecule is CC(C)c1cc2[nH]ccc(C(C)C)c-2c1. The minimum atomic E-state index is 0.588. The first-order chi connectivity index (χ1) is 7.09. The van der Waals surface area contributed by atoms with E-state index in [1.807, 2.05) is 6.20 Å². The van der Waals surface area contributed by atoms with Crippen molar-refractivity contribution in [2.75, 3.05) is 0 Å². The zero-order chi connectivity index (χ0) is 11.0. The second kappa shape index (κ2) is 3.73. The molecule has 1 aliphatic carbocycles. The smallest absolute Gasteiger partial charge is 0.0459 e. The molecule has 1 heteroatoms. The average Bonchev–Trinajstić information content (AvgIpc) is 2.60. The van der Waals surface area contributed by atoms with E-state index in [1.54, 1.807) is 0 Å². The van der Waals surface area contributed by atoms with Crippen LogP contribution in [-0.2, 0) is 0 Å². The maximum Gasteiger partial charge on any atom is 0.0459 e. The first kappa shape index (κ1) is 10.3. The lowest BCUT2D eigenvalue weighted by Gasteiger charge is -2.10. The number of nitrogens with one attached hydrogen (secondary N) is 1. The van der Waals surface area contributed by atoms with Gasteiger partial charge >= 0.3 is 0 Å². The second-order valence-corrected chi connectivity index (χ2v) is 4.86. The van der Waals surface area contributed by atoms with E-state index in [9.17, 15) is 0 Å². The van der Waals surface area contributed by atoms with Gasteiger partial charge in [-0.3, -0.25) is 0 Å².